The largest absolute Gasteiger partial charge is 0.431 e. The maximum absolute atomic E-state index is 10.1. The summed E-state index contributed by atoms with van der Waals surface area (Å²) in [5.41, 5.74) is 4.69. The molecule has 0 aromatic rings. The molecule has 4 heteroatoms. The normalized spacial score (nSPS) is 12.2. The molecule has 0 aliphatic rings. The molecule has 0 unspecified atom stereocenters. The molecule has 0 aromatic heterocycles. The zero-order chi connectivity index (χ0) is 8.15. The third kappa shape index (κ3) is 2.92. The van der Waals surface area contributed by atoms with E-state index in [-0.39, 0.29) is 5.92 Å². The number of nitrogens with two attached hydrogens (primary N) is 1. The van der Waals surface area contributed by atoms with Crippen molar-refractivity contribution in [2.75, 3.05) is 0 Å². The monoisotopic (exact) mass is 142 g/mol. The van der Waals surface area contributed by atoms with Crippen LogP contribution in [0.2, 0.25) is 0 Å². The first-order chi connectivity index (χ1) is 4.57. The van der Waals surface area contributed by atoms with Crippen molar-refractivity contribution in [3.8, 4) is 6.07 Å². The first-order valence-electron chi connectivity index (χ1n) is 2.93. The zero-order valence-electron chi connectivity index (χ0n) is 6.00. The number of nitrogens with zero attached hydrogens (tertiary/aromatic N) is 1. The second-order valence-corrected chi connectivity index (χ2v) is 2.23. The Kier molecular flexibility index (Phi) is 3.26. The lowest BCUT2D eigenvalue weighted by Gasteiger charge is -2.11. The molecular weight excluding hydrogens is 132 g/mol. The molecule has 0 bridgehead atoms. The molecule has 0 saturated heterocycles. The summed E-state index contributed by atoms with van der Waals surface area (Å²) in [4.78, 5) is 10.1. The predicted molar refractivity (Wildman–Crippen MR) is 34.9 cm³/mol. The summed E-state index contributed by atoms with van der Waals surface area (Å²) in [5, 5.41) is 8.36. The highest BCUT2D eigenvalue weighted by molar-refractivity contribution is 5.65. The minimum absolute atomic E-state index is 0.0162. The van der Waals surface area contributed by atoms with Gasteiger partial charge in [-0.1, -0.05) is 13.8 Å². The van der Waals surface area contributed by atoms with Gasteiger partial charge in [0.05, 0.1) is 0 Å². The van der Waals surface area contributed by atoms with Gasteiger partial charge in [0.1, 0.15) is 6.07 Å². The van der Waals surface area contributed by atoms with Crippen LogP contribution in [-0.2, 0) is 4.74 Å². The van der Waals surface area contributed by atoms with Gasteiger partial charge in [0, 0.05) is 5.92 Å². The number of nitriles is 1. The summed E-state index contributed by atoms with van der Waals surface area (Å²) in [7, 11) is 0. The molecule has 0 aromatic carbocycles. The van der Waals surface area contributed by atoms with Gasteiger partial charge in [-0.05, 0) is 0 Å². The SMILES string of the molecule is CC(C)[C@@H](C#N)OC(N)=O. The standard InChI is InChI=1S/C6H10N2O2/c1-4(2)5(3-7)10-6(8)9/h4-5H,1-2H3,(H2,8,9)/t5-/m1/s1. The van der Waals surface area contributed by atoms with E-state index in [1.54, 1.807) is 13.8 Å². The van der Waals surface area contributed by atoms with E-state index in [2.05, 4.69) is 4.74 Å². The fourth-order valence-electron chi connectivity index (χ4n) is 0.437. The Morgan fingerprint density at radius 1 is 1.70 bits per heavy atom. The lowest BCUT2D eigenvalue weighted by molar-refractivity contribution is 0.110. The van der Waals surface area contributed by atoms with Crippen molar-refractivity contribution >= 4 is 6.09 Å². The Bertz CT molecular complexity index is 160. The first-order valence-corrected chi connectivity index (χ1v) is 2.93. The highest BCUT2D eigenvalue weighted by Crippen LogP contribution is 2.03. The van der Waals surface area contributed by atoms with Crippen molar-refractivity contribution in [3.05, 3.63) is 0 Å². The Labute approximate surface area is 59.6 Å². The van der Waals surface area contributed by atoms with E-state index in [9.17, 15) is 4.79 Å². The highest BCUT2D eigenvalue weighted by Gasteiger charge is 2.14. The third-order valence-corrected chi connectivity index (χ3v) is 0.976. The number of amides is 1. The van der Waals surface area contributed by atoms with Gasteiger partial charge in [0.2, 0.25) is 0 Å². The minimum Gasteiger partial charge on any atom is -0.431 e. The lowest BCUT2D eigenvalue weighted by atomic mass is 10.1. The molecule has 10 heavy (non-hydrogen) atoms. The van der Waals surface area contributed by atoms with E-state index in [0.717, 1.165) is 0 Å². The van der Waals surface area contributed by atoms with Crippen LogP contribution in [0.3, 0.4) is 0 Å². The van der Waals surface area contributed by atoms with Crippen LogP contribution in [0.4, 0.5) is 4.79 Å². The molecule has 0 aliphatic heterocycles. The minimum atomic E-state index is -0.903. The van der Waals surface area contributed by atoms with E-state index in [1.807, 2.05) is 6.07 Å². The van der Waals surface area contributed by atoms with Crippen LogP contribution >= 0.6 is 0 Å². The van der Waals surface area contributed by atoms with Crippen molar-refractivity contribution in [2.45, 2.75) is 20.0 Å². The highest BCUT2D eigenvalue weighted by atomic mass is 16.6. The molecule has 1 atom stereocenters. The van der Waals surface area contributed by atoms with Crippen LogP contribution in [-0.4, -0.2) is 12.2 Å². The summed E-state index contributed by atoms with van der Waals surface area (Å²) >= 11 is 0. The molecule has 0 spiro atoms. The van der Waals surface area contributed by atoms with Crippen LogP contribution in [0.15, 0.2) is 0 Å². The molecule has 0 fully saturated rings. The summed E-state index contributed by atoms with van der Waals surface area (Å²) in [6.45, 7) is 3.55. The van der Waals surface area contributed by atoms with Gasteiger partial charge >= 0.3 is 6.09 Å². The number of hydrogen-bond acceptors (Lipinski definition) is 3. The Hall–Kier alpha value is -1.24. The third-order valence-electron chi connectivity index (χ3n) is 0.976. The average Bonchev–Trinajstić information content (AvgIpc) is 1.81. The van der Waals surface area contributed by atoms with E-state index in [1.165, 1.54) is 0 Å². The lowest BCUT2D eigenvalue weighted by Crippen LogP contribution is -2.25. The van der Waals surface area contributed by atoms with Crippen molar-refractivity contribution in [2.24, 2.45) is 11.7 Å². The van der Waals surface area contributed by atoms with Crippen molar-refractivity contribution in [1.29, 1.82) is 5.26 Å². The van der Waals surface area contributed by atoms with E-state index >= 15 is 0 Å². The fourth-order valence-corrected chi connectivity index (χ4v) is 0.437. The topological polar surface area (TPSA) is 76.1 Å². The molecule has 0 saturated carbocycles. The second-order valence-electron chi connectivity index (χ2n) is 2.23. The first kappa shape index (κ1) is 8.76. The van der Waals surface area contributed by atoms with Crippen molar-refractivity contribution in [1.82, 2.24) is 0 Å². The average molecular weight is 142 g/mol. The summed E-state index contributed by atoms with van der Waals surface area (Å²) in [6.07, 6.45) is -1.63. The van der Waals surface area contributed by atoms with Gasteiger partial charge in [-0.15, -0.1) is 0 Å². The number of rotatable bonds is 2. The van der Waals surface area contributed by atoms with Crippen LogP contribution in [0.5, 0.6) is 0 Å². The van der Waals surface area contributed by atoms with Gasteiger partial charge < -0.3 is 10.5 Å². The summed E-state index contributed by atoms with van der Waals surface area (Å²) < 4.78 is 4.44. The number of primary amides is 1. The van der Waals surface area contributed by atoms with Crippen LogP contribution in [0, 0.1) is 17.2 Å². The van der Waals surface area contributed by atoms with E-state index in [0.29, 0.717) is 0 Å². The number of carbonyl (C=O) groups excluding carboxylic acids is 1. The van der Waals surface area contributed by atoms with E-state index in [4.69, 9.17) is 11.0 Å². The summed E-state index contributed by atoms with van der Waals surface area (Å²) in [5.74, 6) is -0.0162. The molecule has 56 valence electrons. The number of ether oxygens (including phenoxy) is 1. The Morgan fingerprint density at radius 2 is 2.20 bits per heavy atom. The zero-order valence-corrected chi connectivity index (χ0v) is 6.00. The van der Waals surface area contributed by atoms with Gasteiger partial charge in [-0.25, -0.2) is 4.79 Å². The van der Waals surface area contributed by atoms with Crippen molar-refractivity contribution < 1.29 is 9.53 Å². The quantitative estimate of drug-likeness (QED) is 0.614. The van der Waals surface area contributed by atoms with Crippen LogP contribution in [0.25, 0.3) is 0 Å². The molecule has 0 radical (unpaired) electrons. The molecule has 2 N–H and O–H groups in total. The van der Waals surface area contributed by atoms with Crippen LogP contribution in [0.1, 0.15) is 13.8 Å². The summed E-state index contributed by atoms with van der Waals surface area (Å²) in [6, 6.07) is 1.81. The number of carbonyl (C=O) groups is 1. The molecule has 0 heterocycles. The Morgan fingerprint density at radius 3 is 2.30 bits per heavy atom. The van der Waals surface area contributed by atoms with Crippen LogP contribution < -0.4 is 5.73 Å². The fraction of sp³-hybridized carbons (Fsp3) is 0.667. The van der Waals surface area contributed by atoms with Gasteiger partial charge in [0.15, 0.2) is 6.10 Å². The maximum atomic E-state index is 10.1. The van der Waals surface area contributed by atoms with Crippen molar-refractivity contribution in [3.63, 3.8) is 0 Å². The smallest absolute Gasteiger partial charge is 0.405 e. The second kappa shape index (κ2) is 3.72. The number of hydrogen-bond donors (Lipinski definition) is 1. The molecular formula is C6H10N2O2. The Balaban J connectivity index is 3.87. The molecule has 0 rings (SSSR count). The van der Waals surface area contributed by atoms with E-state index < -0.39 is 12.2 Å². The molecule has 1 amide bonds. The van der Waals surface area contributed by atoms with Gasteiger partial charge in [-0.3, -0.25) is 0 Å². The van der Waals surface area contributed by atoms with Gasteiger partial charge in [-0.2, -0.15) is 5.26 Å². The maximum Gasteiger partial charge on any atom is 0.405 e. The molecule has 4 nitrogen and oxygen atoms in total. The van der Waals surface area contributed by atoms with Gasteiger partial charge in [0.25, 0.3) is 0 Å². The molecule has 0 aliphatic carbocycles. The predicted octanol–water partition coefficient (Wildman–Crippen LogP) is 0.630.